The summed E-state index contributed by atoms with van der Waals surface area (Å²) in [7, 11) is 3.28. The van der Waals surface area contributed by atoms with Crippen molar-refractivity contribution in [3.05, 3.63) is 0 Å². The summed E-state index contributed by atoms with van der Waals surface area (Å²) in [5, 5.41) is 9.10. The Morgan fingerprint density at radius 3 is 2.40 bits per heavy atom. The lowest BCUT2D eigenvalue weighted by molar-refractivity contribution is -0.137. The number of nitrogens with zero attached hydrogens (tertiary/aromatic N) is 1. The van der Waals surface area contributed by atoms with Crippen LogP contribution in [0.15, 0.2) is 0 Å². The average Bonchev–Trinajstić information content (AvgIpc) is 1.87. The first-order chi connectivity index (χ1) is 4.59. The molecule has 3 nitrogen and oxygen atoms in total. The highest BCUT2D eigenvalue weighted by molar-refractivity contribution is 5.79. The minimum Gasteiger partial charge on any atom is -0.383 e. The first kappa shape index (κ1) is 9.43. The van der Waals surface area contributed by atoms with Crippen LogP contribution >= 0.6 is 0 Å². The van der Waals surface area contributed by atoms with E-state index >= 15 is 0 Å². The molecule has 3 heteroatoms. The fourth-order valence-electron chi connectivity index (χ4n) is 0.695. The van der Waals surface area contributed by atoms with Crippen LogP contribution < -0.4 is 0 Å². The second-order valence-electron chi connectivity index (χ2n) is 2.54. The monoisotopic (exact) mass is 145 g/mol. The fraction of sp³-hybridized carbons (Fsp3) is 0.857. The van der Waals surface area contributed by atoms with Crippen LogP contribution in [0.25, 0.3) is 0 Å². The van der Waals surface area contributed by atoms with Crippen LogP contribution in [0.2, 0.25) is 0 Å². The van der Waals surface area contributed by atoms with Crippen molar-refractivity contribution in [3.63, 3.8) is 0 Å². The fourth-order valence-corrected chi connectivity index (χ4v) is 0.695. The molecule has 0 saturated carbocycles. The zero-order valence-corrected chi connectivity index (χ0v) is 6.79. The lowest BCUT2D eigenvalue weighted by Gasteiger charge is -2.14. The average molecular weight is 145 g/mol. The van der Waals surface area contributed by atoms with Gasteiger partial charge in [0, 0.05) is 14.1 Å². The number of carbonyl (C=O) groups excluding carboxylic acids is 1. The third kappa shape index (κ3) is 2.82. The van der Waals surface area contributed by atoms with Crippen molar-refractivity contribution in [3.8, 4) is 0 Å². The maximum absolute atomic E-state index is 10.9. The van der Waals surface area contributed by atoms with Crippen molar-refractivity contribution in [1.82, 2.24) is 4.90 Å². The minimum atomic E-state index is -0.806. The predicted molar refractivity (Wildman–Crippen MR) is 39.6 cm³/mol. The number of hydrogen-bond donors (Lipinski definition) is 1. The molecule has 0 aromatic heterocycles. The van der Waals surface area contributed by atoms with E-state index < -0.39 is 6.10 Å². The van der Waals surface area contributed by atoms with E-state index in [1.54, 1.807) is 14.1 Å². The molecule has 0 saturated heterocycles. The highest BCUT2D eigenvalue weighted by Crippen LogP contribution is 1.98. The second kappa shape index (κ2) is 4.28. The van der Waals surface area contributed by atoms with E-state index in [-0.39, 0.29) is 5.91 Å². The SMILES string of the molecule is CCC[C@H](O)C(=O)N(C)C. The van der Waals surface area contributed by atoms with Crippen molar-refractivity contribution >= 4 is 5.91 Å². The van der Waals surface area contributed by atoms with Crippen LogP contribution in [0.4, 0.5) is 0 Å². The maximum atomic E-state index is 10.9. The Hall–Kier alpha value is -0.570. The van der Waals surface area contributed by atoms with Crippen LogP contribution in [0.5, 0.6) is 0 Å². The van der Waals surface area contributed by atoms with Crippen molar-refractivity contribution in [2.45, 2.75) is 25.9 Å². The van der Waals surface area contributed by atoms with Crippen molar-refractivity contribution in [1.29, 1.82) is 0 Å². The molecule has 60 valence electrons. The molecule has 0 radical (unpaired) electrons. The van der Waals surface area contributed by atoms with Crippen LogP contribution in [0.1, 0.15) is 19.8 Å². The minimum absolute atomic E-state index is 0.207. The largest absolute Gasteiger partial charge is 0.383 e. The third-order valence-electron chi connectivity index (χ3n) is 1.29. The molecular weight excluding hydrogens is 130 g/mol. The molecule has 1 N–H and O–H groups in total. The van der Waals surface area contributed by atoms with E-state index in [0.29, 0.717) is 6.42 Å². The summed E-state index contributed by atoms with van der Waals surface area (Å²) >= 11 is 0. The summed E-state index contributed by atoms with van der Waals surface area (Å²) in [5.41, 5.74) is 0. The normalized spacial score (nSPS) is 12.8. The lowest BCUT2D eigenvalue weighted by atomic mass is 10.2. The Morgan fingerprint density at radius 2 is 2.10 bits per heavy atom. The molecule has 0 aliphatic carbocycles. The van der Waals surface area contributed by atoms with Gasteiger partial charge in [-0.15, -0.1) is 0 Å². The number of aliphatic hydroxyl groups excluding tert-OH is 1. The molecule has 0 aromatic carbocycles. The van der Waals surface area contributed by atoms with Crippen LogP contribution in [0.3, 0.4) is 0 Å². The van der Waals surface area contributed by atoms with E-state index in [1.807, 2.05) is 6.92 Å². The second-order valence-corrected chi connectivity index (χ2v) is 2.54. The summed E-state index contributed by atoms with van der Waals surface area (Å²) < 4.78 is 0. The van der Waals surface area contributed by atoms with Gasteiger partial charge in [0.25, 0.3) is 5.91 Å². The summed E-state index contributed by atoms with van der Waals surface area (Å²) in [4.78, 5) is 12.3. The van der Waals surface area contributed by atoms with Crippen LogP contribution in [-0.2, 0) is 4.79 Å². The molecule has 0 fully saturated rings. The van der Waals surface area contributed by atoms with Gasteiger partial charge in [-0.1, -0.05) is 13.3 Å². The smallest absolute Gasteiger partial charge is 0.250 e. The molecule has 1 atom stereocenters. The molecule has 0 bridgehead atoms. The predicted octanol–water partition coefficient (Wildman–Crippen LogP) is 0.236. The first-order valence-electron chi connectivity index (χ1n) is 3.48. The van der Waals surface area contributed by atoms with Crippen molar-refractivity contribution < 1.29 is 9.90 Å². The molecular formula is C7H15NO2. The van der Waals surface area contributed by atoms with Gasteiger partial charge >= 0.3 is 0 Å². The van der Waals surface area contributed by atoms with Gasteiger partial charge < -0.3 is 10.0 Å². The van der Waals surface area contributed by atoms with Gasteiger partial charge in [0.05, 0.1) is 0 Å². The molecule has 1 amide bonds. The topological polar surface area (TPSA) is 40.5 Å². The number of likely N-dealkylation sites (N-methyl/N-ethyl adjacent to an activating group) is 1. The molecule has 0 spiro atoms. The molecule has 10 heavy (non-hydrogen) atoms. The zero-order valence-electron chi connectivity index (χ0n) is 6.79. The van der Waals surface area contributed by atoms with Gasteiger partial charge in [-0.25, -0.2) is 0 Å². The Bertz CT molecular complexity index is 112. The van der Waals surface area contributed by atoms with Gasteiger partial charge in [0.1, 0.15) is 6.10 Å². The van der Waals surface area contributed by atoms with Gasteiger partial charge in [-0.3, -0.25) is 4.79 Å². The summed E-state index contributed by atoms with van der Waals surface area (Å²) in [6, 6.07) is 0. The molecule has 0 unspecified atom stereocenters. The number of carbonyl (C=O) groups is 1. The molecule has 0 aromatic rings. The zero-order chi connectivity index (χ0) is 8.15. The first-order valence-corrected chi connectivity index (χ1v) is 3.48. The van der Waals surface area contributed by atoms with Crippen LogP contribution in [-0.4, -0.2) is 36.1 Å². The Labute approximate surface area is 61.6 Å². The maximum Gasteiger partial charge on any atom is 0.250 e. The molecule has 0 aliphatic heterocycles. The van der Waals surface area contributed by atoms with Gasteiger partial charge in [-0.05, 0) is 6.42 Å². The number of hydrogen-bond acceptors (Lipinski definition) is 2. The number of rotatable bonds is 3. The van der Waals surface area contributed by atoms with E-state index in [2.05, 4.69) is 0 Å². The van der Waals surface area contributed by atoms with Crippen molar-refractivity contribution in [2.75, 3.05) is 14.1 Å². The van der Waals surface area contributed by atoms with E-state index in [4.69, 9.17) is 5.11 Å². The molecule has 0 rings (SSSR count). The summed E-state index contributed by atoms with van der Waals surface area (Å²) in [6.45, 7) is 1.94. The highest BCUT2D eigenvalue weighted by atomic mass is 16.3. The van der Waals surface area contributed by atoms with E-state index in [1.165, 1.54) is 4.90 Å². The highest BCUT2D eigenvalue weighted by Gasteiger charge is 2.14. The lowest BCUT2D eigenvalue weighted by Crippen LogP contribution is -2.33. The standard InChI is InChI=1S/C7H15NO2/c1-4-5-6(9)7(10)8(2)3/h6,9H,4-5H2,1-3H3/t6-/m0/s1. The summed E-state index contributed by atoms with van der Waals surface area (Å²) in [5.74, 6) is -0.207. The molecule has 0 aliphatic rings. The molecule has 0 heterocycles. The quantitative estimate of drug-likeness (QED) is 0.617. The van der Waals surface area contributed by atoms with Gasteiger partial charge in [0.2, 0.25) is 0 Å². The Kier molecular flexibility index (Phi) is 4.03. The number of amides is 1. The van der Waals surface area contributed by atoms with Crippen LogP contribution in [0, 0.1) is 0 Å². The van der Waals surface area contributed by atoms with Gasteiger partial charge in [-0.2, -0.15) is 0 Å². The summed E-state index contributed by atoms with van der Waals surface area (Å²) in [6.07, 6.45) is 0.581. The third-order valence-corrected chi connectivity index (χ3v) is 1.29. The number of aliphatic hydroxyl groups is 1. The Morgan fingerprint density at radius 1 is 1.60 bits per heavy atom. The van der Waals surface area contributed by atoms with Crippen molar-refractivity contribution in [2.24, 2.45) is 0 Å². The Balaban J connectivity index is 3.71. The van der Waals surface area contributed by atoms with E-state index in [0.717, 1.165) is 6.42 Å². The van der Waals surface area contributed by atoms with E-state index in [9.17, 15) is 4.79 Å². The van der Waals surface area contributed by atoms with Gasteiger partial charge in [0.15, 0.2) is 0 Å².